The first-order chi connectivity index (χ1) is 36.2. The van der Waals surface area contributed by atoms with Gasteiger partial charge in [-0.05, 0) is 61.8 Å². The summed E-state index contributed by atoms with van der Waals surface area (Å²) in [5.74, 6) is -5.72. The van der Waals surface area contributed by atoms with Gasteiger partial charge in [0.15, 0.2) is 0 Å². The number of nitrogens with one attached hydrogen (secondary N) is 3. The summed E-state index contributed by atoms with van der Waals surface area (Å²) in [6, 6.07) is 7.29. The minimum Gasteiger partial charge on any atom is -0.479 e. The molecule has 4 aliphatic heterocycles. The van der Waals surface area contributed by atoms with E-state index in [1.165, 1.54) is 57.7 Å². The van der Waals surface area contributed by atoms with Crippen LogP contribution in [-0.2, 0) is 84.5 Å². The Morgan fingerprint density at radius 2 is 1.08 bits per heavy atom. The molecular formula is C52H68F2N8O15S2. The van der Waals surface area contributed by atoms with Crippen LogP contribution in [0.15, 0.2) is 61.7 Å². The van der Waals surface area contributed by atoms with E-state index >= 15 is 0 Å². The maximum atomic E-state index is 14.1. The van der Waals surface area contributed by atoms with Crippen molar-refractivity contribution in [2.75, 3.05) is 13.1 Å². The van der Waals surface area contributed by atoms with Crippen molar-refractivity contribution in [3.05, 3.63) is 95.6 Å². The summed E-state index contributed by atoms with van der Waals surface area (Å²) < 4.78 is 86.1. The largest absolute Gasteiger partial charge is 0.479 e. The Morgan fingerprint density at radius 3 is 1.41 bits per heavy atom. The second-order valence-electron chi connectivity index (χ2n) is 20.6. The first-order valence-corrected chi connectivity index (χ1v) is 28.1. The number of halogens is 2. The molecule has 23 nitrogen and oxygen atoms in total. The molecule has 4 saturated carbocycles. The Morgan fingerprint density at radius 1 is 0.671 bits per heavy atom. The van der Waals surface area contributed by atoms with Gasteiger partial charge in [0, 0.05) is 62.7 Å². The van der Waals surface area contributed by atoms with Crippen molar-refractivity contribution in [3.8, 4) is 0 Å². The third-order valence-electron chi connectivity index (χ3n) is 15.1. The number of carboxylic acid groups (broad SMARTS) is 1. The minimum absolute atomic E-state index is 0. The number of carbonyl (C=O) groups excluding carboxylic acids is 7. The number of aliphatic carboxylic acids is 1. The first kappa shape index (κ1) is 61.2. The van der Waals surface area contributed by atoms with Gasteiger partial charge < -0.3 is 35.0 Å². The van der Waals surface area contributed by atoms with Gasteiger partial charge in [-0.1, -0.05) is 51.3 Å². The lowest BCUT2D eigenvalue weighted by molar-refractivity contribution is -0.145. The van der Waals surface area contributed by atoms with Gasteiger partial charge in [0.05, 0.1) is 36.7 Å². The topological polar surface area (TPSA) is 319 Å². The maximum Gasteiger partial charge on any atom is 0.410 e. The number of hydrogen-bond acceptors (Lipinski definition) is 14. The Bertz CT molecular complexity index is 3050. The van der Waals surface area contributed by atoms with Gasteiger partial charge in [0.1, 0.15) is 47.0 Å². The fraction of sp³-hybridized carbons (Fsp3) is 0.538. The van der Waals surface area contributed by atoms with E-state index in [2.05, 4.69) is 28.5 Å². The summed E-state index contributed by atoms with van der Waals surface area (Å²) in [5, 5.41) is 18.6. The maximum absolute atomic E-state index is 14.1. The third kappa shape index (κ3) is 13.2. The van der Waals surface area contributed by atoms with E-state index in [9.17, 15) is 69.1 Å². The molecule has 10 rings (SSSR count). The molecule has 6 fully saturated rings. The van der Waals surface area contributed by atoms with Crippen molar-refractivity contribution >= 4 is 67.7 Å². The zero-order valence-corrected chi connectivity index (χ0v) is 43.8. The number of ether oxygens (including phenoxy) is 2. The highest BCUT2D eigenvalue weighted by molar-refractivity contribution is 7.91. The lowest BCUT2D eigenvalue weighted by Crippen LogP contribution is -2.56. The monoisotopic (exact) mass is 1150 g/mol. The molecule has 2 saturated heterocycles. The van der Waals surface area contributed by atoms with Crippen molar-refractivity contribution in [2.24, 2.45) is 17.0 Å². The molecule has 0 spiro atoms. The summed E-state index contributed by atoms with van der Waals surface area (Å²) in [6.07, 6.45) is 2.96. The number of carbonyl (C=O) groups is 8. The molecule has 0 unspecified atom stereocenters. The molecule has 0 radical (unpaired) electrons. The number of fused-ring (bicyclic) bond motifs is 2. The number of nitrogens with zero attached hydrogens (tertiary/aromatic N) is 4. The molecule has 8 aliphatic rings. The number of primary sulfonamides is 1. The number of sulfonamides is 2. The SMILES string of the molecule is C.C.C=C[C@@H]1C[C@]1(NC(=O)[C@@H]1C[C@@H](OC(=O)N2Cc3cccc(F)c3C2)CN1C(C)=O)C(=O)NS(=O)(=O)C1CC1.C=C[C@@H]1C[C@]1(NC(=O)[C@@H]1C[C@@H](OC(=O)N2Cc3cccc(F)c3C2)CN1C(C)=O)C(=O)O.NS(=O)(=O)C1CC1. The van der Waals surface area contributed by atoms with Crippen LogP contribution in [0.25, 0.3) is 0 Å². The van der Waals surface area contributed by atoms with Crippen LogP contribution in [0, 0.1) is 23.5 Å². The molecule has 4 heterocycles. The van der Waals surface area contributed by atoms with Gasteiger partial charge in [0.2, 0.25) is 43.7 Å². The summed E-state index contributed by atoms with van der Waals surface area (Å²) in [5.41, 5.74) is -0.642. The number of hydrogen-bond donors (Lipinski definition) is 5. The zero-order chi connectivity index (χ0) is 56.1. The van der Waals surface area contributed by atoms with E-state index in [0.29, 0.717) is 35.1 Å². The highest BCUT2D eigenvalue weighted by atomic mass is 32.2. The van der Waals surface area contributed by atoms with Crippen LogP contribution in [0.1, 0.15) is 102 Å². The van der Waals surface area contributed by atoms with Crippen LogP contribution in [0.4, 0.5) is 18.4 Å². The summed E-state index contributed by atoms with van der Waals surface area (Å²) in [6.45, 7) is 10.3. The van der Waals surface area contributed by atoms with E-state index in [4.69, 9.17) is 14.6 Å². The number of rotatable bonds is 13. The number of benzene rings is 2. The fourth-order valence-corrected chi connectivity index (χ4v) is 12.3. The molecule has 7 amide bonds. The van der Waals surface area contributed by atoms with Crippen molar-refractivity contribution in [2.45, 2.75) is 152 Å². The van der Waals surface area contributed by atoms with E-state index < -0.39 is 114 Å². The molecule has 79 heavy (non-hydrogen) atoms. The average molecular weight is 1150 g/mol. The first-order valence-electron chi connectivity index (χ1n) is 24.9. The lowest BCUT2D eigenvalue weighted by Gasteiger charge is -2.25. The van der Waals surface area contributed by atoms with Gasteiger partial charge in [-0.2, -0.15) is 0 Å². The van der Waals surface area contributed by atoms with E-state index in [-0.39, 0.29) is 103 Å². The standard InChI is InChI=1S/C25H29FN4O7S.C22H24FN3O6.C3H7NO2S.2CH4/c1-3-16-10-25(16,23(33)28-38(35,36)18-7-8-18)27-22(32)21-9-17(12-30(21)14(2)31)37-24(34)29-11-15-5-4-6-20(26)19(15)13-29;1-3-14-8-22(14,20(29)30)24-19(28)18-7-15(10-26(18)12(2)27)32-21(31)25-9-13-5-4-6-17(23)16(13)11-25;4-7(5,6)3-1-2-3;;/h3-6,16-18,21H,1,7-13H2,2H3,(H,27,32)(H,28,33);3-6,14-15,18H,1,7-11H2,2H3,(H,24,28)(H,29,30);3H,1-2H2,(H2,4,5,6);2*1H4/t16-,17-,21+,25-;14-,15-,18+,22-;;;/m11.../s1. The van der Waals surface area contributed by atoms with Crippen LogP contribution in [-0.4, -0.2) is 148 Å². The van der Waals surface area contributed by atoms with Gasteiger partial charge >= 0.3 is 18.2 Å². The molecule has 2 aromatic rings. The van der Waals surface area contributed by atoms with E-state index in [0.717, 1.165) is 12.8 Å². The molecule has 0 aromatic heterocycles. The van der Waals surface area contributed by atoms with E-state index in [1.54, 1.807) is 24.3 Å². The van der Waals surface area contributed by atoms with Crippen molar-refractivity contribution < 1.29 is 78.6 Å². The molecule has 4 aliphatic carbocycles. The number of carboxylic acids is 1. The van der Waals surface area contributed by atoms with Gasteiger partial charge in [-0.3, -0.25) is 38.5 Å². The number of likely N-dealkylation sites (tertiary alicyclic amines) is 2. The second kappa shape index (κ2) is 23.4. The van der Waals surface area contributed by atoms with Crippen LogP contribution >= 0.6 is 0 Å². The third-order valence-corrected chi connectivity index (χ3v) is 18.3. The predicted molar refractivity (Wildman–Crippen MR) is 279 cm³/mol. The smallest absolute Gasteiger partial charge is 0.410 e. The van der Waals surface area contributed by atoms with E-state index in [1.807, 2.05) is 0 Å². The number of nitrogens with two attached hydrogens (primary N) is 1. The van der Waals surface area contributed by atoms with Crippen LogP contribution in [0.3, 0.4) is 0 Å². The van der Waals surface area contributed by atoms with Crippen LogP contribution in [0.2, 0.25) is 0 Å². The minimum atomic E-state index is -3.83. The summed E-state index contributed by atoms with van der Waals surface area (Å²) in [4.78, 5) is 106. The fourth-order valence-electron chi connectivity index (χ4n) is 10.1. The Kier molecular flexibility index (Phi) is 18.1. The van der Waals surface area contributed by atoms with Crippen molar-refractivity contribution in [1.82, 2.24) is 35.0 Å². The van der Waals surface area contributed by atoms with Crippen molar-refractivity contribution in [1.29, 1.82) is 0 Å². The average Bonchev–Trinajstić information content (AvgIpc) is 4.35. The predicted octanol–water partition coefficient (Wildman–Crippen LogP) is 3.06. The van der Waals surface area contributed by atoms with Gasteiger partial charge in [-0.15, -0.1) is 13.2 Å². The second-order valence-corrected chi connectivity index (χ2v) is 24.4. The lowest BCUT2D eigenvalue weighted by atomic mass is 10.1. The molecular weight excluding hydrogens is 1080 g/mol. The Hall–Kier alpha value is -7.00. The molecule has 2 aromatic carbocycles. The summed E-state index contributed by atoms with van der Waals surface area (Å²) >= 11 is 0. The van der Waals surface area contributed by atoms with Crippen LogP contribution < -0.4 is 20.5 Å². The Labute approximate surface area is 457 Å². The van der Waals surface area contributed by atoms with Crippen molar-refractivity contribution in [3.63, 3.8) is 0 Å². The quantitative estimate of drug-likeness (QED) is 0.180. The normalized spacial score (nSPS) is 26.8. The van der Waals surface area contributed by atoms with Crippen LogP contribution in [0.5, 0.6) is 0 Å². The van der Waals surface area contributed by atoms with Gasteiger partial charge in [-0.25, -0.2) is 45.1 Å². The highest BCUT2D eigenvalue weighted by Gasteiger charge is 2.63. The molecule has 8 atom stereocenters. The zero-order valence-electron chi connectivity index (χ0n) is 42.2. The highest BCUT2D eigenvalue weighted by Crippen LogP contribution is 2.46. The van der Waals surface area contributed by atoms with Gasteiger partial charge in [0.25, 0.3) is 5.91 Å². The molecule has 432 valence electrons. The molecule has 0 bridgehead atoms. The number of amides is 7. The summed E-state index contributed by atoms with van der Waals surface area (Å²) in [7, 11) is -6.96. The Balaban J connectivity index is 0.000000224. The molecule has 6 N–H and O–H groups in total. The molecule has 27 heteroatoms.